The van der Waals surface area contributed by atoms with Crippen molar-refractivity contribution in [3.05, 3.63) is 11.7 Å². The van der Waals surface area contributed by atoms with Crippen molar-refractivity contribution < 1.29 is 9.26 Å². The zero-order valence-corrected chi connectivity index (χ0v) is 9.13. The van der Waals surface area contributed by atoms with Crippen molar-refractivity contribution in [3.63, 3.8) is 0 Å². The van der Waals surface area contributed by atoms with Crippen molar-refractivity contribution in [3.8, 4) is 0 Å². The first kappa shape index (κ1) is 11.1. The zero-order chi connectivity index (χ0) is 10.6. The van der Waals surface area contributed by atoms with E-state index >= 15 is 0 Å². The molecule has 0 bridgehead atoms. The minimum absolute atomic E-state index is 0.183. The maximum atomic E-state index is 5.49. The summed E-state index contributed by atoms with van der Waals surface area (Å²) in [6, 6.07) is 0. The number of ether oxygens (including phenoxy) is 1. The molecule has 0 saturated heterocycles. The molecule has 0 fully saturated rings. The van der Waals surface area contributed by atoms with E-state index in [4.69, 9.17) is 9.26 Å². The second-order valence-electron chi connectivity index (χ2n) is 4.04. The van der Waals surface area contributed by atoms with Gasteiger partial charge in [0, 0.05) is 0 Å². The van der Waals surface area contributed by atoms with E-state index in [0.29, 0.717) is 24.9 Å². The standard InChI is InChI=1S/C9H17N3O2/c1-9(2,3)13-6-8-11-7(5-10-4)12-14-8/h10H,5-6H2,1-4H3. The molecular weight excluding hydrogens is 182 g/mol. The van der Waals surface area contributed by atoms with Crippen molar-refractivity contribution >= 4 is 0 Å². The Balaban J connectivity index is 2.44. The van der Waals surface area contributed by atoms with Crippen molar-refractivity contribution in [2.45, 2.75) is 39.5 Å². The number of hydrogen-bond donors (Lipinski definition) is 1. The molecule has 0 aromatic carbocycles. The lowest BCUT2D eigenvalue weighted by Crippen LogP contribution is -2.18. The lowest BCUT2D eigenvalue weighted by Gasteiger charge is -2.17. The van der Waals surface area contributed by atoms with E-state index in [-0.39, 0.29) is 5.60 Å². The van der Waals surface area contributed by atoms with Crippen molar-refractivity contribution in [1.82, 2.24) is 15.5 Å². The molecule has 1 N–H and O–H groups in total. The number of nitrogens with one attached hydrogen (secondary N) is 1. The second-order valence-corrected chi connectivity index (χ2v) is 4.04. The lowest BCUT2D eigenvalue weighted by molar-refractivity contribution is -0.0260. The van der Waals surface area contributed by atoms with E-state index in [1.807, 2.05) is 27.8 Å². The van der Waals surface area contributed by atoms with Gasteiger partial charge in [-0.25, -0.2) is 0 Å². The molecule has 0 amide bonds. The fourth-order valence-corrected chi connectivity index (χ4v) is 0.857. The molecule has 80 valence electrons. The van der Waals surface area contributed by atoms with Gasteiger partial charge in [0.15, 0.2) is 5.82 Å². The van der Waals surface area contributed by atoms with Crippen LogP contribution in [0.1, 0.15) is 32.5 Å². The van der Waals surface area contributed by atoms with Crippen LogP contribution >= 0.6 is 0 Å². The molecule has 0 unspecified atom stereocenters. The van der Waals surface area contributed by atoms with Crippen LogP contribution in [0.3, 0.4) is 0 Å². The van der Waals surface area contributed by atoms with Crippen LogP contribution < -0.4 is 5.32 Å². The average molecular weight is 199 g/mol. The topological polar surface area (TPSA) is 60.2 Å². The molecule has 0 aliphatic carbocycles. The summed E-state index contributed by atoms with van der Waals surface area (Å²) >= 11 is 0. The highest BCUT2D eigenvalue weighted by Crippen LogP contribution is 2.10. The minimum Gasteiger partial charge on any atom is -0.366 e. The molecule has 0 aliphatic rings. The largest absolute Gasteiger partial charge is 0.366 e. The molecular formula is C9H17N3O2. The third-order valence-corrected chi connectivity index (χ3v) is 1.47. The minimum atomic E-state index is -0.183. The molecule has 0 radical (unpaired) electrons. The van der Waals surface area contributed by atoms with E-state index < -0.39 is 0 Å². The predicted molar refractivity (Wildman–Crippen MR) is 51.6 cm³/mol. The molecule has 1 rings (SSSR count). The first-order chi connectivity index (χ1) is 6.51. The molecule has 1 aromatic rings. The molecule has 14 heavy (non-hydrogen) atoms. The van der Waals surface area contributed by atoms with Crippen LogP contribution in [0.4, 0.5) is 0 Å². The SMILES string of the molecule is CNCc1noc(COC(C)(C)C)n1. The Morgan fingerprint density at radius 2 is 2.14 bits per heavy atom. The normalized spacial score (nSPS) is 12.0. The highest BCUT2D eigenvalue weighted by atomic mass is 16.5. The predicted octanol–water partition coefficient (Wildman–Crippen LogP) is 1.10. The van der Waals surface area contributed by atoms with Crippen LogP contribution in [0.25, 0.3) is 0 Å². The van der Waals surface area contributed by atoms with E-state index in [9.17, 15) is 0 Å². The van der Waals surface area contributed by atoms with E-state index in [1.54, 1.807) is 0 Å². The van der Waals surface area contributed by atoms with E-state index in [0.717, 1.165) is 0 Å². The Bertz CT molecular complexity index is 278. The smallest absolute Gasteiger partial charge is 0.252 e. The second kappa shape index (κ2) is 4.52. The summed E-state index contributed by atoms with van der Waals surface area (Å²) in [4.78, 5) is 4.14. The first-order valence-corrected chi connectivity index (χ1v) is 4.61. The van der Waals surface area contributed by atoms with Gasteiger partial charge >= 0.3 is 0 Å². The summed E-state index contributed by atoms with van der Waals surface area (Å²) < 4.78 is 10.5. The Morgan fingerprint density at radius 1 is 1.43 bits per heavy atom. The fraction of sp³-hybridized carbons (Fsp3) is 0.778. The molecule has 1 aromatic heterocycles. The number of hydrogen-bond acceptors (Lipinski definition) is 5. The van der Waals surface area contributed by atoms with Crippen molar-refractivity contribution in [1.29, 1.82) is 0 Å². The summed E-state index contributed by atoms with van der Waals surface area (Å²) in [5, 5.41) is 6.72. The van der Waals surface area contributed by atoms with E-state index in [2.05, 4.69) is 15.5 Å². The molecule has 0 atom stereocenters. The van der Waals surface area contributed by atoms with Crippen LogP contribution in [0.5, 0.6) is 0 Å². The van der Waals surface area contributed by atoms with Crippen molar-refractivity contribution in [2.75, 3.05) is 7.05 Å². The van der Waals surface area contributed by atoms with Gasteiger partial charge in [-0.05, 0) is 27.8 Å². The fourth-order valence-electron chi connectivity index (χ4n) is 0.857. The van der Waals surface area contributed by atoms with Gasteiger partial charge < -0.3 is 14.6 Å². The third kappa shape index (κ3) is 3.85. The third-order valence-electron chi connectivity index (χ3n) is 1.47. The van der Waals surface area contributed by atoms with Gasteiger partial charge in [0.1, 0.15) is 6.61 Å². The van der Waals surface area contributed by atoms with Crippen LogP contribution in [0.15, 0.2) is 4.52 Å². The van der Waals surface area contributed by atoms with Gasteiger partial charge in [0.2, 0.25) is 0 Å². The Morgan fingerprint density at radius 3 is 2.71 bits per heavy atom. The lowest BCUT2D eigenvalue weighted by atomic mass is 10.2. The van der Waals surface area contributed by atoms with Gasteiger partial charge in [0.25, 0.3) is 5.89 Å². The zero-order valence-electron chi connectivity index (χ0n) is 9.13. The maximum absolute atomic E-state index is 5.49. The first-order valence-electron chi connectivity index (χ1n) is 4.61. The van der Waals surface area contributed by atoms with Gasteiger partial charge in [-0.3, -0.25) is 0 Å². The van der Waals surface area contributed by atoms with Crippen LogP contribution in [-0.2, 0) is 17.9 Å². The molecule has 1 heterocycles. The highest BCUT2D eigenvalue weighted by Gasteiger charge is 2.13. The molecule has 5 heteroatoms. The monoisotopic (exact) mass is 199 g/mol. The number of aromatic nitrogens is 2. The van der Waals surface area contributed by atoms with Crippen LogP contribution in [0.2, 0.25) is 0 Å². The van der Waals surface area contributed by atoms with Crippen LogP contribution in [0, 0.1) is 0 Å². The number of rotatable bonds is 4. The average Bonchev–Trinajstić information content (AvgIpc) is 2.49. The molecule has 0 aliphatic heterocycles. The number of nitrogens with zero attached hydrogens (tertiary/aromatic N) is 2. The Hall–Kier alpha value is -0.940. The van der Waals surface area contributed by atoms with Gasteiger partial charge in [-0.1, -0.05) is 5.16 Å². The Labute approximate surface area is 83.8 Å². The van der Waals surface area contributed by atoms with Gasteiger partial charge in [-0.2, -0.15) is 4.98 Å². The summed E-state index contributed by atoms with van der Waals surface area (Å²) in [6.07, 6.45) is 0. The van der Waals surface area contributed by atoms with E-state index in [1.165, 1.54) is 0 Å². The summed E-state index contributed by atoms with van der Waals surface area (Å²) in [5.74, 6) is 1.17. The summed E-state index contributed by atoms with van der Waals surface area (Å²) in [6.45, 7) is 6.92. The molecule has 0 spiro atoms. The van der Waals surface area contributed by atoms with Crippen LogP contribution in [-0.4, -0.2) is 22.8 Å². The Kier molecular flexibility index (Phi) is 3.60. The van der Waals surface area contributed by atoms with Gasteiger partial charge in [-0.15, -0.1) is 0 Å². The quantitative estimate of drug-likeness (QED) is 0.787. The summed E-state index contributed by atoms with van der Waals surface area (Å²) in [5.41, 5.74) is -0.183. The molecule has 5 nitrogen and oxygen atoms in total. The van der Waals surface area contributed by atoms with Crippen molar-refractivity contribution in [2.24, 2.45) is 0 Å². The molecule has 0 saturated carbocycles. The summed E-state index contributed by atoms with van der Waals surface area (Å²) in [7, 11) is 1.84. The van der Waals surface area contributed by atoms with Gasteiger partial charge in [0.05, 0.1) is 12.1 Å². The highest BCUT2D eigenvalue weighted by molar-refractivity contribution is 4.84. The maximum Gasteiger partial charge on any atom is 0.252 e.